The Hall–Kier alpha value is -0.750. The molecule has 0 spiro atoms. The molecule has 0 aliphatic carbocycles. The van der Waals surface area contributed by atoms with Gasteiger partial charge in [0.1, 0.15) is 6.04 Å². The summed E-state index contributed by atoms with van der Waals surface area (Å²) in [6, 6.07) is -1.49. The Morgan fingerprint density at radius 3 is 2.47 bits per heavy atom. The maximum atomic E-state index is 11.7. The van der Waals surface area contributed by atoms with Gasteiger partial charge >= 0.3 is 5.97 Å². The van der Waals surface area contributed by atoms with Gasteiger partial charge < -0.3 is 16.2 Å². The number of carbonyl (C=O) groups excluding carboxylic acids is 1. The molecule has 0 aliphatic rings. The van der Waals surface area contributed by atoms with Crippen LogP contribution in [0, 0.1) is 5.92 Å². The summed E-state index contributed by atoms with van der Waals surface area (Å²) in [7, 11) is 0. The van der Waals surface area contributed by atoms with Crippen LogP contribution in [0.2, 0.25) is 0 Å². The smallest absolute Gasteiger partial charge is 0.326 e. The van der Waals surface area contributed by atoms with Crippen LogP contribution < -0.4 is 11.1 Å². The second-order valence-corrected chi connectivity index (χ2v) is 5.08. The van der Waals surface area contributed by atoms with E-state index < -0.39 is 18.1 Å². The first-order chi connectivity index (χ1) is 7.93. The Kier molecular flexibility index (Phi) is 7.99. The summed E-state index contributed by atoms with van der Waals surface area (Å²) in [6.45, 7) is 3.82. The van der Waals surface area contributed by atoms with Crippen molar-refractivity contribution in [3.05, 3.63) is 0 Å². The van der Waals surface area contributed by atoms with Gasteiger partial charge in [-0.05, 0) is 24.3 Å². The zero-order chi connectivity index (χ0) is 13.4. The van der Waals surface area contributed by atoms with E-state index in [1.54, 1.807) is 11.8 Å². The Morgan fingerprint density at radius 2 is 2.06 bits per heavy atom. The highest BCUT2D eigenvalue weighted by molar-refractivity contribution is 7.98. The largest absolute Gasteiger partial charge is 0.480 e. The maximum absolute atomic E-state index is 11.7. The van der Waals surface area contributed by atoms with Crippen LogP contribution in [0.1, 0.15) is 26.7 Å². The fraction of sp³-hybridized carbons (Fsp3) is 0.818. The summed E-state index contributed by atoms with van der Waals surface area (Å²) in [6.07, 6.45) is 3.10. The van der Waals surface area contributed by atoms with E-state index in [0.717, 1.165) is 6.42 Å². The molecule has 0 saturated heterocycles. The first-order valence-electron chi connectivity index (χ1n) is 5.71. The molecule has 0 saturated carbocycles. The minimum atomic E-state index is -1.01. The van der Waals surface area contributed by atoms with Gasteiger partial charge in [0, 0.05) is 0 Å². The summed E-state index contributed by atoms with van der Waals surface area (Å²) in [4.78, 5) is 22.7. The van der Waals surface area contributed by atoms with Crippen LogP contribution in [0.4, 0.5) is 0 Å². The van der Waals surface area contributed by atoms with Gasteiger partial charge in [-0.1, -0.05) is 20.3 Å². The van der Waals surface area contributed by atoms with E-state index in [4.69, 9.17) is 10.8 Å². The van der Waals surface area contributed by atoms with E-state index in [1.165, 1.54) is 0 Å². The van der Waals surface area contributed by atoms with Crippen LogP contribution in [-0.4, -0.2) is 41.1 Å². The van der Waals surface area contributed by atoms with Crippen molar-refractivity contribution >= 4 is 23.6 Å². The topological polar surface area (TPSA) is 92.4 Å². The molecule has 4 N–H and O–H groups in total. The normalized spacial score (nSPS) is 16.0. The van der Waals surface area contributed by atoms with Crippen LogP contribution >= 0.6 is 11.8 Å². The Morgan fingerprint density at radius 1 is 1.47 bits per heavy atom. The number of carboxylic acids is 1. The average Bonchev–Trinajstić information content (AvgIpc) is 2.31. The van der Waals surface area contributed by atoms with Crippen LogP contribution in [-0.2, 0) is 9.59 Å². The molecule has 5 nitrogen and oxygen atoms in total. The van der Waals surface area contributed by atoms with Crippen LogP contribution in [0.5, 0.6) is 0 Å². The molecule has 0 aromatic heterocycles. The van der Waals surface area contributed by atoms with E-state index in [-0.39, 0.29) is 11.8 Å². The average molecular weight is 262 g/mol. The molecule has 0 heterocycles. The third-order valence-electron chi connectivity index (χ3n) is 2.78. The van der Waals surface area contributed by atoms with Gasteiger partial charge in [-0.15, -0.1) is 0 Å². The number of hydrogen-bond acceptors (Lipinski definition) is 4. The van der Waals surface area contributed by atoms with Crippen molar-refractivity contribution in [2.24, 2.45) is 11.7 Å². The van der Waals surface area contributed by atoms with Gasteiger partial charge in [-0.25, -0.2) is 4.79 Å². The number of hydrogen-bond donors (Lipinski definition) is 3. The lowest BCUT2D eigenvalue weighted by atomic mass is 9.99. The number of thioether (sulfide) groups is 1. The summed E-state index contributed by atoms with van der Waals surface area (Å²) >= 11 is 1.55. The third-order valence-corrected chi connectivity index (χ3v) is 3.43. The predicted octanol–water partition coefficient (Wildman–Crippen LogP) is 0.682. The molecule has 3 unspecified atom stereocenters. The Labute approximate surface area is 107 Å². The van der Waals surface area contributed by atoms with Crippen LogP contribution in [0.15, 0.2) is 0 Å². The number of aliphatic carboxylic acids is 1. The molecule has 17 heavy (non-hydrogen) atoms. The number of nitrogens with one attached hydrogen (secondary N) is 1. The van der Waals surface area contributed by atoms with E-state index in [9.17, 15) is 9.59 Å². The van der Waals surface area contributed by atoms with Crippen molar-refractivity contribution in [1.29, 1.82) is 0 Å². The van der Waals surface area contributed by atoms with E-state index >= 15 is 0 Å². The highest BCUT2D eigenvalue weighted by Gasteiger charge is 2.25. The lowest BCUT2D eigenvalue weighted by Gasteiger charge is -2.21. The first-order valence-corrected chi connectivity index (χ1v) is 7.11. The van der Waals surface area contributed by atoms with Gasteiger partial charge in [0.05, 0.1) is 6.04 Å². The van der Waals surface area contributed by atoms with Crippen molar-refractivity contribution in [2.75, 3.05) is 12.0 Å². The Balaban J connectivity index is 4.34. The Bertz CT molecular complexity index is 261. The van der Waals surface area contributed by atoms with Crippen LogP contribution in [0.3, 0.4) is 0 Å². The van der Waals surface area contributed by atoms with Crippen molar-refractivity contribution in [1.82, 2.24) is 5.32 Å². The lowest BCUT2D eigenvalue weighted by Crippen LogP contribution is -2.50. The zero-order valence-electron chi connectivity index (χ0n) is 10.6. The minimum Gasteiger partial charge on any atom is -0.480 e. The SMILES string of the molecule is CCC(C)C(N)C(=O)NC(CCSC)C(=O)O. The minimum absolute atomic E-state index is 0.0463. The van der Waals surface area contributed by atoms with Gasteiger partial charge in [-0.2, -0.15) is 11.8 Å². The van der Waals surface area contributed by atoms with Crippen LogP contribution in [0.25, 0.3) is 0 Å². The van der Waals surface area contributed by atoms with E-state index in [0.29, 0.717) is 12.2 Å². The van der Waals surface area contributed by atoms with Gasteiger partial charge in [0.25, 0.3) is 0 Å². The highest BCUT2D eigenvalue weighted by atomic mass is 32.2. The van der Waals surface area contributed by atoms with Gasteiger partial charge in [-0.3, -0.25) is 4.79 Å². The lowest BCUT2D eigenvalue weighted by molar-refractivity contribution is -0.142. The molecule has 0 aromatic carbocycles. The molecule has 0 fully saturated rings. The van der Waals surface area contributed by atoms with Crippen molar-refractivity contribution < 1.29 is 14.7 Å². The predicted molar refractivity (Wildman–Crippen MR) is 70.0 cm³/mol. The molecule has 6 heteroatoms. The van der Waals surface area contributed by atoms with Crippen molar-refractivity contribution in [3.8, 4) is 0 Å². The molecule has 1 amide bonds. The number of amides is 1. The molecule has 0 radical (unpaired) electrons. The summed E-state index contributed by atoms with van der Waals surface area (Å²) < 4.78 is 0. The van der Waals surface area contributed by atoms with E-state index in [1.807, 2.05) is 20.1 Å². The fourth-order valence-corrected chi connectivity index (χ4v) is 1.74. The summed E-state index contributed by atoms with van der Waals surface area (Å²) in [5.41, 5.74) is 5.74. The third kappa shape index (κ3) is 5.93. The number of rotatable bonds is 8. The molecule has 0 aliphatic heterocycles. The molecule has 0 aromatic rings. The number of nitrogens with two attached hydrogens (primary N) is 1. The van der Waals surface area contributed by atoms with Gasteiger partial charge in [0.2, 0.25) is 5.91 Å². The zero-order valence-corrected chi connectivity index (χ0v) is 11.4. The van der Waals surface area contributed by atoms with Crippen molar-refractivity contribution in [3.63, 3.8) is 0 Å². The molecule has 0 bridgehead atoms. The molecular weight excluding hydrogens is 240 g/mol. The number of carboxylic acid groups (broad SMARTS) is 1. The molecule has 0 rings (SSSR count). The monoisotopic (exact) mass is 262 g/mol. The number of carbonyl (C=O) groups is 2. The molecule has 3 atom stereocenters. The highest BCUT2D eigenvalue weighted by Crippen LogP contribution is 2.07. The fourth-order valence-electron chi connectivity index (χ4n) is 1.27. The van der Waals surface area contributed by atoms with Crippen molar-refractivity contribution in [2.45, 2.75) is 38.8 Å². The standard InChI is InChI=1S/C11H22N2O3S/c1-4-7(2)9(12)10(14)13-8(11(15)16)5-6-17-3/h7-9H,4-6,12H2,1-3H3,(H,13,14)(H,15,16). The molecule has 100 valence electrons. The second-order valence-electron chi connectivity index (χ2n) is 4.09. The quantitative estimate of drug-likeness (QED) is 0.598. The molecular formula is C11H22N2O3S. The van der Waals surface area contributed by atoms with E-state index in [2.05, 4.69) is 5.32 Å². The first kappa shape index (κ1) is 16.2. The second kappa shape index (κ2) is 8.36. The summed E-state index contributed by atoms with van der Waals surface area (Å²) in [5.74, 6) is -0.655. The maximum Gasteiger partial charge on any atom is 0.326 e. The summed E-state index contributed by atoms with van der Waals surface area (Å²) in [5, 5.41) is 11.5. The van der Waals surface area contributed by atoms with Gasteiger partial charge in [0.15, 0.2) is 0 Å².